The van der Waals surface area contributed by atoms with E-state index in [0.717, 1.165) is 35.6 Å². The van der Waals surface area contributed by atoms with Gasteiger partial charge in [0.25, 0.3) is 5.91 Å². The van der Waals surface area contributed by atoms with Gasteiger partial charge in [-0.3, -0.25) is 4.79 Å². The summed E-state index contributed by atoms with van der Waals surface area (Å²) in [7, 11) is 0. The molecule has 1 amide bonds. The quantitative estimate of drug-likeness (QED) is 0.210. The van der Waals surface area contributed by atoms with Crippen molar-refractivity contribution in [3.8, 4) is 11.5 Å². The molecule has 3 aromatic carbocycles. The summed E-state index contributed by atoms with van der Waals surface area (Å²) in [4.78, 5) is 24.2. The van der Waals surface area contributed by atoms with Gasteiger partial charge in [0.15, 0.2) is 0 Å². The number of carboxylic acid groups (broad SMARTS) is 1. The average molecular weight is 466 g/mol. The molecule has 3 N–H and O–H groups in total. The summed E-state index contributed by atoms with van der Waals surface area (Å²) in [6.07, 6.45) is 2.54. The highest BCUT2D eigenvalue weighted by molar-refractivity contribution is 8.02. The summed E-state index contributed by atoms with van der Waals surface area (Å²) < 4.78 is 5.82. The third-order valence-electron chi connectivity index (χ3n) is 5.07. The predicted molar refractivity (Wildman–Crippen MR) is 131 cm³/mol. The van der Waals surface area contributed by atoms with Crippen LogP contribution in [0.4, 0.5) is 0 Å². The minimum atomic E-state index is -1.05. The molecule has 0 bridgehead atoms. The van der Waals surface area contributed by atoms with Crippen LogP contribution in [0, 0.1) is 13.8 Å². The number of carboxylic acids is 1. The number of benzene rings is 3. The minimum absolute atomic E-state index is 0.0900. The number of aryl methyl sites for hydroxylation is 2. The van der Waals surface area contributed by atoms with Crippen LogP contribution in [0.2, 0.25) is 0 Å². The van der Waals surface area contributed by atoms with Crippen molar-refractivity contribution < 1.29 is 24.5 Å². The molecular formula is C26H27NO5S. The third-order valence-corrected chi connectivity index (χ3v) is 5.94. The maximum absolute atomic E-state index is 12.8. The van der Waals surface area contributed by atoms with Gasteiger partial charge >= 0.3 is 5.97 Å². The van der Waals surface area contributed by atoms with Gasteiger partial charge in [-0.1, -0.05) is 53.7 Å². The molecule has 172 valence electrons. The fourth-order valence-electron chi connectivity index (χ4n) is 3.43. The van der Waals surface area contributed by atoms with Crippen LogP contribution in [0.1, 0.15) is 34.3 Å². The molecule has 0 radical (unpaired) electrons. The minimum Gasteiger partial charge on any atom is -0.506 e. The summed E-state index contributed by atoms with van der Waals surface area (Å²) in [6, 6.07) is 14.8. The van der Waals surface area contributed by atoms with Gasteiger partial charge in [0.2, 0.25) is 0 Å². The molecule has 0 atom stereocenters. The third kappa shape index (κ3) is 6.52. The van der Waals surface area contributed by atoms with Crippen molar-refractivity contribution in [1.29, 1.82) is 0 Å². The van der Waals surface area contributed by atoms with Gasteiger partial charge < -0.3 is 20.3 Å². The number of aliphatic carboxylic acids is 1. The van der Waals surface area contributed by atoms with E-state index in [1.807, 2.05) is 38.1 Å². The lowest BCUT2D eigenvalue weighted by atomic mass is 10.0. The van der Waals surface area contributed by atoms with E-state index in [2.05, 4.69) is 11.4 Å². The first-order valence-electron chi connectivity index (χ1n) is 10.7. The number of phenols is 1. The van der Waals surface area contributed by atoms with Crippen molar-refractivity contribution in [2.45, 2.75) is 31.6 Å². The van der Waals surface area contributed by atoms with Crippen LogP contribution in [0.5, 0.6) is 11.5 Å². The van der Waals surface area contributed by atoms with Gasteiger partial charge in [0.1, 0.15) is 11.5 Å². The van der Waals surface area contributed by atoms with Gasteiger partial charge in [0.05, 0.1) is 12.2 Å². The standard InChI is InChI=1S/C26H27NO5S/c1-17-9-10-22(18(2)15-17)32-13-6-5-12-27-26(31)21-16-23(33-14-11-24(28)29)19-7-3-4-8-20(19)25(21)30/h3-4,7-11,14-16,30H,5-6,12-13H2,1-2H3,(H,27,31)(H,28,29)/b14-11+. The SMILES string of the molecule is Cc1ccc(OCCCCNC(=O)c2cc(S/C=C/C(=O)O)c3ccccc3c2O)c(C)c1. The van der Waals surface area contributed by atoms with E-state index in [0.29, 0.717) is 23.4 Å². The molecule has 0 saturated heterocycles. The highest BCUT2D eigenvalue weighted by Gasteiger charge is 2.17. The molecule has 7 heteroatoms. The first kappa shape index (κ1) is 24.2. The van der Waals surface area contributed by atoms with Crippen molar-refractivity contribution in [1.82, 2.24) is 5.32 Å². The van der Waals surface area contributed by atoms with E-state index in [1.165, 1.54) is 22.7 Å². The summed E-state index contributed by atoms with van der Waals surface area (Å²) in [5.41, 5.74) is 2.45. The number of ether oxygens (including phenoxy) is 1. The molecule has 0 aliphatic rings. The van der Waals surface area contributed by atoms with Crippen molar-refractivity contribution >= 4 is 34.4 Å². The normalized spacial score (nSPS) is 11.1. The molecule has 0 unspecified atom stereocenters. The Balaban J connectivity index is 1.59. The van der Waals surface area contributed by atoms with Gasteiger partial charge in [-0.15, -0.1) is 0 Å². The second kappa shape index (κ2) is 11.4. The van der Waals surface area contributed by atoms with Gasteiger partial charge in [-0.2, -0.15) is 0 Å². The van der Waals surface area contributed by atoms with Crippen molar-refractivity contribution in [3.05, 3.63) is 76.7 Å². The van der Waals surface area contributed by atoms with Crippen LogP contribution >= 0.6 is 11.8 Å². The topological polar surface area (TPSA) is 95.9 Å². The van der Waals surface area contributed by atoms with Crippen molar-refractivity contribution in [2.24, 2.45) is 0 Å². The predicted octanol–water partition coefficient (Wildman–Crippen LogP) is 5.44. The maximum Gasteiger partial charge on any atom is 0.328 e. The first-order chi connectivity index (χ1) is 15.9. The van der Waals surface area contributed by atoms with E-state index in [1.54, 1.807) is 18.2 Å². The Kier molecular flexibility index (Phi) is 8.38. The van der Waals surface area contributed by atoms with Gasteiger partial charge in [-0.05, 0) is 55.2 Å². The number of phenolic OH excluding ortho intramolecular Hbond substituents is 1. The van der Waals surface area contributed by atoms with E-state index in [4.69, 9.17) is 9.84 Å². The molecule has 0 heterocycles. The Morgan fingerprint density at radius 1 is 1.06 bits per heavy atom. The smallest absolute Gasteiger partial charge is 0.328 e. The van der Waals surface area contributed by atoms with Crippen LogP contribution in [-0.2, 0) is 4.79 Å². The number of rotatable bonds is 10. The van der Waals surface area contributed by atoms with Crippen LogP contribution in [-0.4, -0.2) is 35.2 Å². The molecule has 0 saturated carbocycles. The number of unbranched alkanes of at least 4 members (excludes halogenated alkanes) is 1. The number of amides is 1. The Hall–Kier alpha value is -3.45. The first-order valence-corrected chi connectivity index (χ1v) is 11.5. The number of carbonyl (C=O) groups excluding carboxylic acids is 1. The van der Waals surface area contributed by atoms with Crippen LogP contribution in [0.25, 0.3) is 10.8 Å². The van der Waals surface area contributed by atoms with Gasteiger partial charge in [0, 0.05) is 22.9 Å². The molecule has 0 aliphatic carbocycles. The number of aromatic hydroxyl groups is 1. The van der Waals surface area contributed by atoms with Crippen LogP contribution in [0.3, 0.4) is 0 Å². The maximum atomic E-state index is 12.8. The highest BCUT2D eigenvalue weighted by atomic mass is 32.2. The number of thioether (sulfide) groups is 1. The monoisotopic (exact) mass is 465 g/mol. The second-order valence-electron chi connectivity index (χ2n) is 7.66. The number of hydrogen-bond donors (Lipinski definition) is 3. The zero-order valence-electron chi connectivity index (χ0n) is 18.6. The summed E-state index contributed by atoms with van der Waals surface area (Å²) in [5, 5.41) is 25.1. The fourth-order valence-corrected chi connectivity index (χ4v) is 4.25. The Bertz CT molecular complexity index is 1190. The average Bonchev–Trinajstić information content (AvgIpc) is 2.78. The molecule has 3 rings (SSSR count). The zero-order valence-corrected chi connectivity index (χ0v) is 19.4. The summed E-state index contributed by atoms with van der Waals surface area (Å²) in [6.45, 7) is 5.06. The molecule has 0 spiro atoms. The Morgan fingerprint density at radius 2 is 1.82 bits per heavy atom. The molecule has 33 heavy (non-hydrogen) atoms. The molecule has 0 fully saturated rings. The second-order valence-corrected chi connectivity index (χ2v) is 8.60. The van der Waals surface area contributed by atoms with E-state index in [-0.39, 0.29) is 17.2 Å². The molecule has 0 aliphatic heterocycles. The van der Waals surface area contributed by atoms with Crippen LogP contribution in [0.15, 0.2) is 64.9 Å². The Labute approximate surface area is 197 Å². The van der Waals surface area contributed by atoms with Crippen molar-refractivity contribution in [2.75, 3.05) is 13.2 Å². The van der Waals surface area contributed by atoms with Crippen LogP contribution < -0.4 is 10.1 Å². The Morgan fingerprint density at radius 3 is 2.55 bits per heavy atom. The van der Waals surface area contributed by atoms with E-state index < -0.39 is 5.97 Å². The summed E-state index contributed by atoms with van der Waals surface area (Å²) in [5.74, 6) is -0.650. The molecule has 0 aromatic heterocycles. The lowest BCUT2D eigenvalue weighted by molar-refractivity contribution is -0.131. The number of nitrogens with one attached hydrogen (secondary N) is 1. The number of hydrogen-bond acceptors (Lipinski definition) is 5. The van der Waals surface area contributed by atoms with Gasteiger partial charge in [-0.25, -0.2) is 4.79 Å². The zero-order chi connectivity index (χ0) is 23.8. The molecule has 3 aromatic rings. The molecule has 6 nitrogen and oxygen atoms in total. The fraction of sp³-hybridized carbons (Fsp3) is 0.231. The summed E-state index contributed by atoms with van der Waals surface area (Å²) >= 11 is 1.18. The highest BCUT2D eigenvalue weighted by Crippen LogP contribution is 2.37. The lowest BCUT2D eigenvalue weighted by Gasteiger charge is -2.13. The van der Waals surface area contributed by atoms with E-state index >= 15 is 0 Å². The number of fused-ring (bicyclic) bond motifs is 1. The van der Waals surface area contributed by atoms with Crippen molar-refractivity contribution in [3.63, 3.8) is 0 Å². The molecular weight excluding hydrogens is 438 g/mol. The number of carbonyl (C=O) groups is 2. The van der Waals surface area contributed by atoms with E-state index in [9.17, 15) is 14.7 Å². The largest absolute Gasteiger partial charge is 0.506 e. The lowest BCUT2D eigenvalue weighted by Crippen LogP contribution is -2.25.